The number of carbonyl (C=O) groups is 2. The molecule has 0 bridgehead atoms. The van der Waals surface area contributed by atoms with Crippen LogP contribution in [0.2, 0.25) is 0 Å². The van der Waals surface area contributed by atoms with Crippen molar-refractivity contribution < 1.29 is 19.8 Å². The molecular weight excluding hydrogens is 270 g/mol. The summed E-state index contributed by atoms with van der Waals surface area (Å²) in [4.78, 5) is 23.6. The molecule has 1 rings (SSSR count). The molecule has 0 radical (unpaired) electrons. The Bertz CT molecular complexity index is 511. The predicted octanol–water partition coefficient (Wildman–Crippen LogP) is 2.28. The van der Waals surface area contributed by atoms with E-state index in [1.54, 1.807) is 26.0 Å². The number of carboxylic acids is 1. The Balaban J connectivity index is 2.70. The second-order valence-electron chi connectivity index (χ2n) is 5.15. The molecule has 0 saturated carbocycles. The molecule has 5 heteroatoms. The molecule has 0 atom stereocenters. The van der Waals surface area contributed by atoms with E-state index in [0.717, 1.165) is 25.7 Å². The Morgan fingerprint density at radius 2 is 1.57 bits per heavy atom. The van der Waals surface area contributed by atoms with Crippen molar-refractivity contribution in [3.63, 3.8) is 0 Å². The van der Waals surface area contributed by atoms with Gasteiger partial charge in [0.05, 0.1) is 11.1 Å². The number of aliphatic hydroxyl groups excluding tert-OH is 1. The van der Waals surface area contributed by atoms with Crippen LogP contribution in [0.15, 0.2) is 12.1 Å². The highest BCUT2D eigenvalue weighted by atomic mass is 16.4. The summed E-state index contributed by atoms with van der Waals surface area (Å²) >= 11 is 0. The summed E-state index contributed by atoms with van der Waals surface area (Å²) in [6.45, 7) is 4.13. The third kappa shape index (κ3) is 4.86. The molecule has 0 aliphatic heterocycles. The normalized spacial score (nSPS) is 10.4. The molecule has 0 saturated heterocycles. The minimum absolute atomic E-state index is 0.0766. The number of carbonyl (C=O) groups excluding carboxylic acids is 1. The maximum absolute atomic E-state index is 12.2. The van der Waals surface area contributed by atoms with Crippen LogP contribution in [0.4, 0.5) is 0 Å². The summed E-state index contributed by atoms with van der Waals surface area (Å²) in [6, 6.07) is 3.47. The Morgan fingerprint density at radius 1 is 1.00 bits per heavy atom. The van der Waals surface area contributed by atoms with Crippen molar-refractivity contribution in [2.75, 3.05) is 13.2 Å². The van der Waals surface area contributed by atoms with Crippen molar-refractivity contribution >= 4 is 11.9 Å². The maximum Gasteiger partial charge on any atom is 0.336 e. The van der Waals surface area contributed by atoms with Gasteiger partial charge in [-0.05, 0) is 37.8 Å². The van der Waals surface area contributed by atoms with Gasteiger partial charge in [0.15, 0.2) is 0 Å². The quantitative estimate of drug-likeness (QED) is 0.642. The lowest BCUT2D eigenvalue weighted by molar-refractivity contribution is 0.0690. The fraction of sp³-hybridized carbons (Fsp3) is 0.500. The number of hydrogen-bond acceptors (Lipinski definition) is 3. The van der Waals surface area contributed by atoms with Crippen LogP contribution < -0.4 is 5.32 Å². The number of benzene rings is 1. The van der Waals surface area contributed by atoms with Crippen LogP contribution in [0.25, 0.3) is 0 Å². The van der Waals surface area contributed by atoms with E-state index in [-0.39, 0.29) is 23.6 Å². The van der Waals surface area contributed by atoms with Crippen LogP contribution >= 0.6 is 0 Å². The van der Waals surface area contributed by atoms with Gasteiger partial charge in [-0.2, -0.15) is 0 Å². The van der Waals surface area contributed by atoms with Gasteiger partial charge >= 0.3 is 5.97 Å². The van der Waals surface area contributed by atoms with Gasteiger partial charge < -0.3 is 15.5 Å². The van der Waals surface area contributed by atoms with E-state index in [1.165, 1.54) is 0 Å². The topological polar surface area (TPSA) is 86.6 Å². The van der Waals surface area contributed by atoms with Crippen LogP contribution in [0.5, 0.6) is 0 Å². The van der Waals surface area contributed by atoms with E-state index in [9.17, 15) is 14.7 Å². The molecule has 0 aliphatic rings. The van der Waals surface area contributed by atoms with Gasteiger partial charge in [0.25, 0.3) is 5.91 Å². The summed E-state index contributed by atoms with van der Waals surface area (Å²) in [7, 11) is 0. The number of rotatable bonds is 8. The van der Waals surface area contributed by atoms with Crippen LogP contribution in [0.3, 0.4) is 0 Å². The number of aliphatic hydroxyl groups is 1. The zero-order valence-corrected chi connectivity index (χ0v) is 12.6. The third-order valence-corrected chi connectivity index (χ3v) is 3.43. The van der Waals surface area contributed by atoms with Crippen LogP contribution in [-0.4, -0.2) is 35.2 Å². The van der Waals surface area contributed by atoms with Crippen molar-refractivity contribution in [3.05, 3.63) is 34.4 Å². The van der Waals surface area contributed by atoms with E-state index in [0.29, 0.717) is 17.7 Å². The lowest BCUT2D eigenvalue weighted by atomic mass is 9.96. The first-order valence-corrected chi connectivity index (χ1v) is 7.21. The summed E-state index contributed by atoms with van der Waals surface area (Å²) in [5.74, 6) is -1.42. The van der Waals surface area contributed by atoms with Gasteiger partial charge in [-0.25, -0.2) is 4.79 Å². The van der Waals surface area contributed by atoms with Crippen molar-refractivity contribution in [2.24, 2.45) is 0 Å². The smallest absolute Gasteiger partial charge is 0.336 e. The van der Waals surface area contributed by atoms with Gasteiger partial charge in [-0.3, -0.25) is 4.79 Å². The number of nitrogens with one attached hydrogen (secondary N) is 1. The van der Waals surface area contributed by atoms with Crippen LogP contribution in [0.1, 0.15) is 57.5 Å². The molecule has 0 fully saturated rings. The van der Waals surface area contributed by atoms with E-state index >= 15 is 0 Å². The second-order valence-corrected chi connectivity index (χ2v) is 5.15. The van der Waals surface area contributed by atoms with Gasteiger partial charge in [0.1, 0.15) is 0 Å². The maximum atomic E-state index is 12.2. The molecule has 0 unspecified atom stereocenters. The standard InChI is InChI=1S/C16H23NO4/c1-11-7-8-12(2)14(16(20)21)13(11)15(19)17-9-5-3-4-6-10-18/h7-8,18H,3-6,9-10H2,1-2H3,(H,17,19)(H,20,21). The molecule has 21 heavy (non-hydrogen) atoms. The molecule has 0 heterocycles. The minimum atomic E-state index is -1.08. The Morgan fingerprint density at radius 3 is 2.14 bits per heavy atom. The molecule has 116 valence electrons. The second kappa shape index (κ2) is 8.42. The van der Waals surface area contributed by atoms with E-state index in [2.05, 4.69) is 5.32 Å². The number of aromatic carboxylic acids is 1. The average molecular weight is 293 g/mol. The molecule has 0 aliphatic carbocycles. The van der Waals surface area contributed by atoms with Gasteiger partial charge in [-0.15, -0.1) is 0 Å². The number of amides is 1. The summed E-state index contributed by atoms with van der Waals surface area (Å²) in [6.07, 6.45) is 3.45. The molecule has 1 amide bonds. The largest absolute Gasteiger partial charge is 0.478 e. The fourth-order valence-electron chi connectivity index (χ4n) is 2.26. The molecular formula is C16H23NO4. The van der Waals surface area contributed by atoms with Crippen molar-refractivity contribution in [2.45, 2.75) is 39.5 Å². The minimum Gasteiger partial charge on any atom is -0.478 e. The van der Waals surface area contributed by atoms with Crippen LogP contribution in [0, 0.1) is 13.8 Å². The fourth-order valence-corrected chi connectivity index (χ4v) is 2.26. The summed E-state index contributed by atoms with van der Waals surface area (Å²) in [5.41, 5.74) is 1.57. The van der Waals surface area contributed by atoms with Gasteiger partial charge in [-0.1, -0.05) is 25.0 Å². The number of unbranched alkanes of at least 4 members (excludes halogenated alkanes) is 3. The zero-order valence-electron chi connectivity index (χ0n) is 12.6. The zero-order chi connectivity index (χ0) is 15.8. The van der Waals surface area contributed by atoms with Crippen molar-refractivity contribution in [1.29, 1.82) is 0 Å². The molecule has 0 spiro atoms. The van der Waals surface area contributed by atoms with E-state index < -0.39 is 5.97 Å². The van der Waals surface area contributed by atoms with Gasteiger partial charge in [0, 0.05) is 13.2 Å². The predicted molar refractivity (Wildman–Crippen MR) is 80.8 cm³/mol. The SMILES string of the molecule is Cc1ccc(C)c(C(=O)NCCCCCCO)c1C(=O)O. The molecule has 5 nitrogen and oxygen atoms in total. The van der Waals surface area contributed by atoms with E-state index in [1.807, 2.05) is 0 Å². The highest BCUT2D eigenvalue weighted by Crippen LogP contribution is 2.18. The average Bonchev–Trinajstić information content (AvgIpc) is 2.44. The molecule has 1 aromatic rings. The van der Waals surface area contributed by atoms with Gasteiger partial charge in [0.2, 0.25) is 0 Å². The lowest BCUT2D eigenvalue weighted by Crippen LogP contribution is -2.27. The Labute approximate surface area is 125 Å². The first kappa shape index (κ1) is 17.2. The number of hydrogen-bond donors (Lipinski definition) is 3. The first-order chi connectivity index (χ1) is 9.99. The number of aryl methyl sites for hydroxylation is 2. The third-order valence-electron chi connectivity index (χ3n) is 3.43. The summed E-state index contributed by atoms with van der Waals surface area (Å²) < 4.78 is 0. The molecule has 0 aromatic heterocycles. The van der Waals surface area contributed by atoms with E-state index in [4.69, 9.17) is 5.11 Å². The molecule has 3 N–H and O–H groups in total. The Hall–Kier alpha value is -1.88. The first-order valence-electron chi connectivity index (χ1n) is 7.21. The van der Waals surface area contributed by atoms with Crippen molar-refractivity contribution in [1.82, 2.24) is 5.32 Å². The Kier molecular flexibility index (Phi) is 6.88. The molecule has 1 aromatic carbocycles. The van der Waals surface area contributed by atoms with Crippen LogP contribution in [-0.2, 0) is 0 Å². The monoisotopic (exact) mass is 293 g/mol. The lowest BCUT2D eigenvalue weighted by Gasteiger charge is -2.12. The summed E-state index contributed by atoms with van der Waals surface area (Å²) in [5, 5.41) is 20.7. The highest BCUT2D eigenvalue weighted by molar-refractivity contribution is 6.06. The van der Waals surface area contributed by atoms with Crippen molar-refractivity contribution in [3.8, 4) is 0 Å². The highest BCUT2D eigenvalue weighted by Gasteiger charge is 2.20. The number of carboxylic acid groups (broad SMARTS) is 1.